The number of hydrazine groups is 1. The van der Waals surface area contributed by atoms with Crippen molar-refractivity contribution in [2.75, 3.05) is 4.56 Å². The third-order valence-electron chi connectivity index (χ3n) is 3.66. The summed E-state index contributed by atoms with van der Waals surface area (Å²) in [6.07, 6.45) is 8.35. The topological polar surface area (TPSA) is 38.0 Å². The van der Waals surface area contributed by atoms with Crippen LogP contribution in [0.3, 0.4) is 0 Å². The standard InChI is InChI=1S/3C4H9.CH5N2.Sn/c3*1-3-4-2;1-3-2;/h3*1,3-4H2,2H3;3H,1-2H2;. The van der Waals surface area contributed by atoms with Crippen LogP contribution in [-0.2, 0) is 0 Å². The molecular formula is C13H32N2Sn. The van der Waals surface area contributed by atoms with Crippen molar-refractivity contribution in [2.24, 2.45) is 5.84 Å². The zero-order valence-corrected chi connectivity index (χ0v) is 14.5. The monoisotopic (exact) mass is 336 g/mol. The molecule has 0 amide bonds. The summed E-state index contributed by atoms with van der Waals surface area (Å²) in [5.74, 6) is 5.63. The maximum atomic E-state index is 5.63. The Morgan fingerprint density at radius 2 is 1.19 bits per heavy atom. The summed E-state index contributed by atoms with van der Waals surface area (Å²) < 4.78 is 5.86. The van der Waals surface area contributed by atoms with Gasteiger partial charge in [-0.25, -0.2) is 0 Å². The van der Waals surface area contributed by atoms with Crippen molar-refractivity contribution in [1.82, 2.24) is 5.43 Å². The number of nitrogens with two attached hydrogens (primary N) is 1. The van der Waals surface area contributed by atoms with Gasteiger partial charge < -0.3 is 0 Å². The molecule has 0 bridgehead atoms. The van der Waals surface area contributed by atoms with Crippen LogP contribution in [0.15, 0.2) is 0 Å². The minimum absolute atomic E-state index is 1.20. The molecule has 0 radical (unpaired) electrons. The van der Waals surface area contributed by atoms with Crippen molar-refractivity contribution < 1.29 is 0 Å². The Kier molecular flexibility index (Phi) is 11.3. The van der Waals surface area contributed by atoms with E-state index in [1.54, 1.807) is 13.3 Å². The van der Waals surface area contributed by atoms with E-state index in [0.717, 1.165) is 0 Å². The fourth-order valence-electron chi connectivity index (χ4n) is 2.51. The average molecular weight is 335 g/mol. The molecule has 0 aliphatic heterocycles. The predicted molar refractivity (Wildman–Crippen MR) is 77.1 cm³/mol. The third-order valence-corrected chi connectivity index (χ3v) is 18.5. The zero-order valence-electron chi connectivity index (χ0n) is 11.6. The first kappa shape index (κ1) is 16.7. The van der Waals surface area contributed by atoms with Crippen molar-refractivity contribution in [2.45, 2.75) is 72.6 Å². The summed E-state index contributed by atoms with van der Waals surface area (Å²) in [4.78, 5) is 0. The quantitative estimate of drug-likeness (QED) is 0.342. The first-order valence-corrected chi connectivity index (χ1v) is 15.3. The molecule has 0 heterocycles. The van der Waals surface area contributed by atoms with Crippen LogP contribution >= 0.6 is 0 Å². The van der Waals surface area contributed by atoms with Crippen molar-refractivity contribution in [1.29, 1.82) is 0 Å². The summed E-state index contributed by atoms with van der Waals surface area (Å²) in [6.45, 7) is 6.93. The van der Waals surface area contributed by atoms with Gasteiger partial charge in [0.05, 0.1) is 0 Å². The van der Waals surface area contributed by atoms with Gasteiger partial charge in [-0.3, -0.25) is 0 Å². The molecule has 0 saturated heterocycles. The van der Waals surface area contributed by atoms with E-state index in [2.05, 4.69) is 26.2 Å². The Bertz CT molecular complexity index is 129. The molecule has 0 saturated carbocycles. The Morgan fingerprint density at radius 1 is 0.812 bits per heavy atom. The number of nitrogens with one attached hydrogen (secondary N) is 1. The molecule has 0 aromatic heterocycles. The molecule has 0 spiro atoms. The van der Waals surface area contributed by atoms with E-state index in [-0.39, 0.29) is 0 Å². The molecule has 0 rings (SSSR count). The Balaban J connectivity index is 4.32. The summed E-state index contributed by atoms with van der Waals surface area (Å²) in [7, 11) is 0. The van der Waals surface area contributed by atoms with E-state index in [4.69, 9.17) is 5.84 Å². The molecule has 16 heavy (non-hydrogen) atoms. The fraction of sp³-hybridized carbons (Fsp3) is 1.00. The molecular weight excluding hydrogens is 303 g/mol. The Hall–Kier alpha value is 0.719. The van der Waals surface area contributed by atoms with Gasteiger partial charge in [0.15, 0.2) is 0 Å². The molecule has 3 heteroatoms. The van der Waals surface area contributed by atoms with Crippen LogP contribution in [0.1, 0.15) is 59.3 Å². The van der Waals surface area contributed by atoms with Crippen LogP contribution in [0.4, 0.5) is 0 Å². The molecule has 3 N–H and O–H groups in total. The van der Waals surface area contributed by atoms with E-state index in [1.165, 1.54) is 43.1 Å². The van der Waals surface area contributed by atoms with E-state index in [0.29, 0.717) is 0 Å². The summed E-state index contributed by atoms with van der Waals surface area (Å²) in [6, 6.07) is 0. The number of unbranched alkanes of at least 4 members (excludes halogenated alkanes) is 3. The first-order valence-electron chi connectivity index (χ1n) is 7.18. The second kappa shape index (κ2) is 10.8. The van der Waals surface area contributed by atoms with Crippen LogP contribution in [0.25, 0.3) is 0 Å². The molecule has 2 nitrogen and oxygen atoms in total. The maximum absolute atomic E-state index is 5.63. The van der Waals surface area contributed by atoms with E-state index in [1.807, 2.05) is 0 Å². The molecule has 0 aliphatic rings. The molecule has 0 aromatic rings. The zero-order chi connectivity index (χ0) is 12.3. The Morgan fingerprint density at radius 3 is 1.44 bits per heavy atom. The van der Waals surface area contributed by atoms with Crippen LogP contribution in [-0.4, -0.2) is 22.9 Å². The van der Waals surface area contributed by atoms with Gasteiger partial charge in [0.2, 0.25) is 0 Å². The van der Waals surface area contributed by atoms with Gasteiger partial charge in [-0.2, -0.15) is 0 Å². The van der Waals surface area contributed by atoms with Crippen molar-refractivity contribution >= 4 is 18.4 Å². The van der Waals surface area contributed by atoms with Crippen molar-refractivity contribution in [3.8, 4) is 0 Å². The van der Waals surface area contributed by atoms with E-state index < -0.39 is 18.4 Å². The van der Waals surface area contributed by atoms with Gasteiger partial charge in [-0.1, -0.05) is 0 Å². The van der Waals surface area contributed by atoms with Crippen LogP contribution < -0.4 is 11.3 Å². The minimum atomic E-state index is -1.90. The van der Waals surface area contributed by atoms with E-state index in [9.17, 15) is 0 Å². The van der Waals surface area contributed by atoms with Crippen molar-refractivity contribution in [3.63, 3.8) is 0 Å². The summed E-state index contributed by atoms with van der Waals surface area (Å²) >= 11 is -1.90. The van der Waals surface area contributed by atoms with Gasteiger partial charge in [-0.05, 0) is 0 Å². The van der Waals surface area contributed by atoms with Gasteiger partial charge in [0.25, 0.3) is 0 Å². The number of hydrogen-bond acceptors (Lipinski definition) is 2. The molecule has 0 aromatic carbocycles. The molecule has 0 aliphatic carbocycles. The SMILES string of the molecule is CCC[CH2][Sn]([CH2]CCC)([CH2]CCC)[CH2]NN. The van der Waals surface area contributed by atoms with Crippen LogP contribution in [0, 0.1) is 0 Å². The van der Waals surface area contributed by atoms with Crippen LogP contribution in [0.2, 0.25) is 13.3 Å². The second-order valence-electron chi connectivity index (χ2n) is 5.19. The number of hydrogen-bond donors (Lipinski definition) is 2. The summed E-state index contributed by atoms with van der Waals surface area (Å²) in [5, 5.41) is 0. The van der Waals surface area contributed by atoms with Crippen molar-refractivity contribution in [3.05, 3.63) is 0 Å². The normalized spacial score (nSPS) is 12.0. The van der Waals surface area contributed by atoms with Gasteiger partial charge in [-0.15, -0.1) is 0 Å². The summed E-state index contributed by atoms with van der Waals surface area (Å²) in [5.41, 5.74) is 3.03. The van der Waals surface area contributed by atoms with Gasteiger partial charge >= 0.3 is 107 Å². The van der Waals surface area contributed by atoms with Gasteiger partial charge in [0, 0.05) is 0 Å². The average Bonchev–Trinajstić information content (AvgIpc) is 2.31. The third kappa shape index (κ3) is 7.12. The Labute approximate surface area is 107 Å². The van der Waals surface area contributed by atoms with Gasteiger partial charge in [0.1, 0.15) is 0 Å². The fourth-order valence-corrected chi connectivity index (χ4v) is 16.9. The van der Waals surface area contributed by atoms with Crippen LogP contribution in [0.5, 0.6) is 0 Å². The molecule has 0 unspecified atom stereocenters. The molecule has 0 atom stereocenters. The number of rotatable bonds is 11. The molecule has 98 valence electrons. The predicted octanol–water partition coefficient (Wildman–Crippen LogP) is 3.84. The van der Waals surface area contributed by atoms with E-state index >= 15 is 0 Å². The molecule has 0 fully saturated rings. The second-order valence-corrected chi connectivity index (χ2v) is 19.0. The first-order chi connectivity index (χ1) is 7.74.